The van der Waals surface area contributed by atoms with E-state index in [1.165, 1.54) is 6.42 Å². The minimum atomic E-state index is 0.360. The van der Waals surface area contributed by atoms with Gasteiger partial charge in [-0.15, -0.1) is 0 Å². The molecule has 1 nitrogen and oxygen atoms in total. The molecule has 0 unspecified atom stereocenters. The highest BCUT2D eigenvalue weighted by Crippen LogP contribution is 2.17. The zero-order chi connectivity index (χ0) is 9.78. The molecule has 0 rings (SSSR count). The van der Waals surface area contributed by atoms with E-state index in [0.717, 1.165) is 19.0 Å². The van der Waals surface area contributed by atoms with Gasteiger partial charge in [-0.05, 0) is 17.8 Å². The molecule has 0 radical (unpaired) electrons. The van der Waals surface area contributed by atoms with Crippen LogP contribution in [-0.4, -0.2) is 17.4 Å². The second-order valence-corrected chi connectivity index (χ2v) is 5.70. The van der Waals surface area contributed by atoms with Gasteiger partial charge >= 0.3 is 0 Å². The van der Waals surface area contributed by atoms with E-state index in [0.29, 0.717) is 5.41 Å². The van der Waals surface area contributed by atoms with E-state index in [4.69, 9.17) is 0 Å². The molecule has 0 fully saturated rings. The Morgan fingerprint density at radius 2 is 1.75 bits per heavy atom. The first kappa shape index (κ1) is 12.3. The molecule has 0 aliphatic heterocycles. The van der Waals surface area contributed by atoms with Crippen molar-refractivity contribution in [3.63, 3.8) is 0 Å². The Bertz CT molecular complexity index is 115. The van der Waals surface area contributed by atoms with Gasteiger partial charge in [-0.1, -0.05) is 47.4 Å². The molecule has 0 atom stereocenters. The molecule has 0 aromatic carbocycles. The van der Waals surface area contributed by atoms with Crippen LogP contribution in [0.25, 0.3) is 0 Å². The summed E-state index contributed by atoms with van der Waals surface area (Å²) in [6.45, 7) is 13.4. The van der Waals surface area contributed by atoms with Gasteiger partial charge in [0.2, 0.25) is 0 Å². The van der Waals surface area contributed by atoms with Gasteiger partial charge in [0.15, 0.2) is 0 Å². The minimum absolute atomic E-state index is 0.360. The lowest BCUT2D eigenvalue weighted by atomic mass is 9.97. The van der Waals surface area contributed by atoms with E-state index in [9.17, 15) is 0 Å². The molecule has 0 aliphatic rings. The molecule has 0 saturated carbocycles. The van der Waals surface area contributed by atoms with Gasteiger partial charge in [0.25, 0.3) is 0 Å². The lowest BCUT2D eigenvalue weighted by Gasteiger charge is -2.25. The van der Waals surface area contributed by atoms with Gasteiger partial charge in [0.1, 0.15) is 0 Å². The zero-order valence-corrected chi connectivity index (χ0v) is 9.99. The monoisotopic (exact) mass is 189 g/mol. The van der Waals surface area contributed by atoms with Crippen molar-refractivity contribution in [2.45, 2.75) is 41.0 Å². The number of hydrogen-bond donors (Lipinski definition) is 1. The third-order valence-electron chi connectivity index (χ3n) is 1.62. The van der Waals surface area contributed by atoms with E-state index in [1.807, 2.05) is 0 Å². The fourth-order valence-corrected chi connectivity index (χ4v) is 1.57. The summed E-state index contributed by atoms with van der Waals surface area (Å²) in [7, 11) is 0. The average molecular weight is 189 g/mol. The number of hydrogen-bond acceptors (Lipinski definition) is 2. The van der Waals surface area contributed by atoms with E-state index < -0.39 is 0 Å². The van der Waals surface area contributed by atoms with Crippen LogP contribution in [0.15, 0.2) is 0 Å². The standard InChI is InChI=1S/C10H23NS/c1-9(2)6-7-11(12)8-10(3,4)5/h9,12H,6-8H2,1-5H3. The van der Waals surface area contributed by atoms with E-state index in [-0.39, 0.29) is 0 Å². The largest absolute Gasteiger partial charge is 0.253 e. The molecular weight excluding hydrogens is 166 g/mol. The van der Waals surface area contributed by atoms with E-state index in [1.54, 1.807) is 0 Å². The molecule has 2 heteroatoms. The average Bonchev–Trinajstić information content (AvgIpc) is 1.79. The molecule has 12 heavy (non-hydrogen) atoms. The smallest absolute Gasteiger partial charge is 0.0136 e. The maximum Gasteiger partial charge on any atom is 0.0136 e. The number of thiol groups is 1. The highest BCUT2D eigenvalue weighted by molar-refractivity contribution is 7.77. The third-order valence-corrected chi connectivity index (χ3v) is 1.96. The Morgan fingerprint density at radius 1 is 1.25 bits per heavy atom. The molecular formula is C10H23NS. The Labute approximate surface area is 83.1 Å². The van der Waals surface area contributed by atoms with Crippen molar-refractivity contribution in [3.8, 4) is 0 Å². The van der Waals surface area contributed by atoms with Crippen LogP contribution in [-0.2, 0) is 0 Å². The van der Waals surface area contributed by atoms with Crippen LogP contribution in [0.1, 0.15) is 41.0 Å². The van der Waals surface area contributed by atoms with Crippen molar-refractivity contribution in [2.75, 3.05) is 13.1 Å². The van der Waals surface area contributed by atoms with Gasteiger partial charge in [-0.2, -0.15) is 0 Å². The minimum Gasteiger partial charge on any atom is -0.253 e. The van der Waals surface area contributed by atoms with Crippen molar-refractivity contribution in [3.05, 3.63) is 0 Å². The summed E-state index contributed by atoms with van der Waals surface area (Å²) >= 11 is 4.43. The predicted octanol–water partition coefficient (Wildman–Crippen LogP) is 3.23. The van der Waals surface area contributed by atoms with Crippen molar-refractivity contribution < 1.29 is 0 Å². The van der Waals surface area contributed by atoms with Gasteiger partial charge in [-0.25, -0.2) is 0 Å². The number of nitrogens with zero attached hydrogens (tertiary/aromatic N) is 1. The fourth-order valence-electron chi connectivity index (χ4n) is 1.03. The third kappa shape index (κ3) is 8.41. The summed E-state index contributed by atoms with van der Waals surface area (Å²) in [5.74, 6) is 0.777. The van der Waals surface area contributed by atoms with Crippen LogP contribution >= 0.6 is 12.8 Å². The van der Waals surface area contributed by atoms with Crippen LogP contribution in [0, 0.1) is 11.3 Å². The molecule has 0 amide bonds. The summed E-state index contributed by atoms with van der Waals surface area (Å²) < 4.78 is 2.12. The maximum absolute atomic E-state index is 4.43. The van der Waals surface area contributed by atoms with Crippen LogP contribution in [0.5, 0.6) is 0 Å². The highest BCUT2D eigenvalue weighted by Gasteiger charge is 2.13. The molecule has 0 aromatic heterocycles. The Hall–Kier alpha value is 0.310. The van der Waals surface area contributed by atoms with Gasteiger partial charge in [0.05, 0.1) is 0 Å². The van der Waals surface area contributed by atoms with Crippen LogP contribution in [0.4, 0.5) is 0 Å². The quantitative estimate of drug-likeness (QED) is 0.665. The van der Waals surface area contributed by atoms with Gasteiger partial charge in [0, 0.05) is 13.1 Å². The highest BCUT2D eigenvalue weighted by atomic mass is 32.1. The van der Waals surface area contributed by atoms with Crippen molar-refractivity contribution in [2.24, 2.45) is 11.3 Å². The second kappa shape index (κ2) is 5.13. The molecule has 0 aliphatic carbocycles. The van der Waals surface area contributed by atoms with Crippen molar-refractivity contribution in [1.29, 1.82) is 0 Å². The molecule has 0 spiro atoms. The van der Waals surface area contributed by atoms with E-state index in [2.05, 4.69) is 51.7 Å². The van der Waals surface area contributed by atoms with Crippen LogP contribution in [0.3, 0.4) is 0 Å². The molecule has 74 valence electrons. The van der Waals surface area contributed by atoms with Crippen molar-refractivity contribution in [1.82, 2.24) is 4.31 Å². The molecule has 0 aromatic rings. The fraction of sp³-hybridized carbons (Fsp3) is 1.00. The number of rotatable bonds is 4. The maximum atomic E-state index is 4.43. The zero-order valence-electron chi connectivity index (χ0n) is 9.09. The second-order valence-electron chi connectivity index (χ2n) is 5.13. The Kier molecular flexibility index (Phi) is 5.26. The van der Waals surface area contributed by atoms with Crippen LogP contribution < -0.4 is 0 Å². The summed E-state index contributed by atoms with van der Waals surface area (Å²) in [6.07, 6.45) is 1.24. The first-order chi connectivity index (χ1) is 5.31. The normalized spacial score (nSPS) is 13.0. The van der Waals surface area contributed by atoms with Crippen LogP contribution in [0.2, 0.25) is 0 Å². The molecule has 0 saturated heterocycles. The summed E-state index contributed by atoms with van der Waals surface area (Å²) in [4.78, 5) is 0. The van der Waals surface area contributed by atoms with E-state index >= 15 is 0 Å². The summed E-state index contributed by atoms with van der Waals surface area (Å²) in [6, 6.07) is 0. The molecule has 0 heterocycles. The summed E-state index contributed by atoms with van der Waals surface area (Å²) in [5.41, 5.74) is 0.360. The first-order valence-electron chi connectivity index (χ1n) is 4.75. The topological polar surface area (TPSA) is 3.24 Å². The lowest BCUT2D eigenvalue weighted by molar-refractivity contribution is 0.292. The summed E-state index contributed by atoms with van der Waals surface area (Å²) in [5, 5.41) is 0. The Balaban J connectivity index is 3.53. The van der Waals surface area contributed by atoms with Gasteiger partial charge in [-0.3, -0.25) is 4.31 Å². The molecule has 0 bridgehead atoms. The first-order valence-corrected chi connectivity index (χ1v) is 5.15. The Morgan fingerprint density at radius 3 is 2.08 bits per heavy atom. The SMILES string of the molecule is CC(C)CCN(S)CC(C)(C)C. The van der Waals surface area contributed by atoms with Crippen molar-refractivity contribution >= 4 is 12.8 Å². The van der Waals surface area contributed by atoms with Gasteiger partial charge < -0.3 is 0 Å². The predicted molar refractivity (Wildman–Crippen MR) is 59.5 cm³/mol. The molecule has 0 N–H and O–H groups in total. The lowest BCUT2D eigenvalue weighted by Crippen LogP contribution is -2.26.